The fourth-order valence-electron chi connectivity index (χ4n) is 5.37. The molecule has 0 unspecified atom stereocenters. The molecule has 31 heavy (non-hydrogen) atoms. The summed E-state index contributed by atoms with van der Waals surface area (Å²) in [6, 6.07) is 9.92. The summed E-state index contributed by atoms with van der Waals surface area (Å²) in [7, 11) is 0. The molecule has 1 aromatic carbocycles. The van der Waals surface area contributed by atoms with Crippen molar-refractivity contribution in [1.82, 2.24) is 0 Å². The Morgan fingerprint density at radius 2 is 1.45 bits per heavy atom. The molecule has 0 atom stereocenters. The van der Waals surface area contributed by atoms with Gasteiger partial charge in [-0.2, -0.15) is 0 Å². The molecule has 0 N–H and O–H groups in total. The molecule has 0 radical (unpaired) electrons. The van der Waals surface area contributed by atoms with E-state index in [1.54, 1.807) is 3.58 Å². The van der Waals surface area contributed by atoms with Gasteiger partial charge in [0.25, 0.3) is 0 Å². The third kappa shape index (κ3) is 7.77. The van der Waals surface area contributed by atoms with Crippen LogP contribution in [0, 0.1) is 0 Å². The van der Waals surface area contributed by atoms with Crippen LogP contribution in [0.3, 0.4) is 0 Å². The van der Waals surface area contributed by atoms with E-state index in [1.165, 1.54) is 64.3 Å². The van der Waals surface area contributed by atoms with Crippen molar-refractivity contribution >= 4 is 27.9 Å². The van der Waals surface area contributed by atoms with Crippen molar-refractivity contribution in [3.05, 3.63) is 29.8 Å². The van der Waals surface area contributed by atoms with Gasteiger partial charge in [-0.25, -0.2) is 0 Å². The van der Waals surface area contributed by atoms with E-state index in [1.807, 2.05) is 0 Å². The standard InChI is InChI=1S/C15H19O3.3C4H9.Sn/c1-13(16)18-12-9-15(7-10-17-11-8-15)14-5-3-2-4-6-14;3*1-3-4-2;/h3-6H,7-12H2,1H3;3*1,3-4H2,2H3;. The summed E-state index contributed by atoms with van der Waals surface area (Å²) in [5, 5.41) is 0. The molecule has 1 saturated heterocycles. The van der Waals surface area contributed by atoms with E-state index >= 15 is 0 Å². The number of ether oxygens (including phenoxy) is 2. The molecular formula is C27H46O3Sn. The average molecular weight is 537 g/mol. The maximum absolute atomic E-state index is 11.3. The van der Waals surface area contributed by atoms with E-state index in [9.17, 15) is 4.79 Å². The molecule has 1 aliphatic heterocycles. The number of esters is 1. The van der Waals surface area contributed by atoms with E-state index in [-0.39, 0.29) is 11.4 Å². The molecule has 0 saturated carbocycles. The van der Waals surface area contributed by atoms with E-state index in [4.69, 9.17) is 9.47 Å². The van der Waals surface area contributed by atoms with Crippen LogP contribution >= 0.6 is 0 Å². The molecule has 0 aliphatic carbocycles. The second-order valence-electron chi connectivity index (χ2n) is 9.65. The Morgan fingerprint density at radius 1 is 0.935 bits per heavy atom. The molecule has 1 aliphatic rings. The number of benzene rings is 1. The fourth-order valence-corrected chi connectivity index (χ4v) is 21.3. The van der Waals surface area contributed by atoms with Crippen LogP contribution in [0.4, 0.5) is 0 Å². The van der Waals surface area contributed by atoms with Crippen molar-refractivity contribution in [2.45, 2.75) is 104 Å². The van der Waals surface area contributed by atoms with Gasteiger partial charge in [-0.3, -0.25) is 0 Å². The third-order valence-corrected chi connectivity index (χ3v) is 23.1. The Hall–Kier alpha value is -0.551. The average Bonchev–Trinajstić information content (AvgIpc) is 2.79. The minimum atomic E-state index is -2.38. The first kappa shape index (κ1) is 26.7. The van der Waals surface area contributed by atoms with Gasteiger partial charge in [0.1, 0.15) is 0 Å². The van der Waals surface area contributed by atoms with Crippen molar-refractivity contribution in [2.75, 3.05) is 19.8 Å². The van der Waals surface area contributed by atoms with Gasteiger partial charge in [-0.1, -0.05) is 0 Å². The molecule has 1 heterocycles. The van der Waals surface area contributed by atoms with Gasteiger partial charge in [0, 0.05) is 0 Å². The number of unbranched alkanes of at least 4 members (excludes halogenated alkanes) is 3. The van der Waals surface area contributed by atoms with Gasteiger partial charge in [0.05, 0.1) is 0 Å². The number of hydrogen-bond donors (Lipinski definition) is 0. The van der Waals surface area contributed by atoms with Crippen molar-refractivity contribution in [3.63, 3.8) is 0 Å². The quantitative estimate of drug-likeness (QED) is 0.195. The second-order valence-corrected chi connectivity index (χ2v) is 22.9. The van der Waals surface area contributed by atoms with Crippen LogP contribution in [0.5, 0.6) is 0 Å². The Labute approximate surface area is 195 Å². The third-order valence-electron chi connectivity index (χ3n) is 7.47. The number of carbonyl (C=O) groups is 1. The van der Waals surface area contributed by atoms with E-state index in [0.717, 1.165) is 32.5 Å². The monoisotopic (exact) mass is 538 g/mol. The van der Waals surface area contributed by atoms with Crippen LogP contribution in [-0.2, 0) is 19.7 Å². The second kappa shape index (κ2) is 13.9. The Morgan fingerprint density at radius 3 is 1.90 bits per heavy atom. The summed E-state index contributed by atoms with van der Waals surface area (Å²) in [6.45, 7) is 10.6. The predicted molar refractivity (Wildman–Crippen MR) is 134 cm³/mol. The predicted octanol–water partition coefficient (Wildman–Crippen LogP) is 6.74. The van der Waals surface area contributed by atoms with Gasteiger partial charge in [-0.15, -0.1) is 0 Å². The molecule has 1 fully saturated rings. The van der Waals surface area contributed by atoms with Crippen LogP contribution in [0.2, 0.25) is 13.3 Å². The van der Waals surface area contributed by atoms with E-state index < -0.39 is 18.4 Å². The maximum atomic E-state index is 11.3. The number of hydrogen-bond acceptors (Lipinski definition) is 3. The topological polar surface area (TPSA) is 35.5 Å². The van der Waals surface area contributed by atoms with Crippen molar-refractivity contribution in [2.24, 2.45) is 0 Å². The van der Waals surface area contributed by atoms with Crippen molar-refractivity contribution < 1.29 is 14.3 Å². The molecule has 0 spiro atoms. The molecular weight excluding hydrogens is 491 g/mol. The molecule has 0 amide bonds. The molecule has 2 rings (SSSR count). The van der Waals surface area contributed by atoms with Crippen LogP contribution in [-0.4, -0.2) is 44.2 Å². The molecule has 0 bridgehead atoms. The molecule has 176 valence electrons. The first-order valence-corrected chi connectivity index (χ1v) is 20.3. The van der Waals surface area contributed by atoms with Gasteiger partial charge < -0.3 is 0 Å². The normalized spacial score (nSPS) is 16.3. The first-order valence-electron chi connectivity index (χ1n) is 12.8. The SMILES string of the molecule is CCC[CH2][Sn]([CH2]CCC)([CH2]CCC)[c]1ccc(C2(CCOC(C)=O)CCOCC2)cc1. The Kier molecular flexibility index (Phi) is 11.9. The van der Waals surface area contributed by atoms with Crippen molar-refractivity contribution in [3.8, 4) is 0 Å². The van der Waals surface area contributed by atoms with Crippen LogP contribution in [0.1, 0.15) is 91.0 Å². The van der Waals surface area contributed by atoms with Crippen molar-refractivity contribution in [1.29, 1.82) is 0 Å². The zero-order chi connectivity index (χ0) is 22.6. The summed E-state index contributed by atoms with van der Waals surface area (Å²) >= 11 is -2.38. The summed E-state index contributed by atoms with van der Waals surface area (Å²) < 4.78 is 17.3. The number of carbonyl (C=O) groups excluding carboxylic acids is 1. The van der Waals surface area contributed by atoms with Gasteiger partial charge in [0.15, 0.2) is 0 Å². The zero-order valence-electron chi connectivity index (χ0n) is 20.6. The summed E-state index contributed by atoms with van der Waals surface area (Å²) in [5.41, 5.74) is 1.51. The fraction of sp³-hybridized carbons (Fsp3) is 0.741. The van der Waals surface area contributed by atoms with E-state index in [0.29, 0.717) is 6.61 Å². The van der Waals surface area contributed by atoms with Gasteiger partial charge >= 0.3 is 196 Å². The number of rotatable bonds is 14. The first-order chi connectivity index (χ1) is 15.0. The molecule has 3 nitrogen and oxygen atoms in total. The molecule has 4 heteroatoms. The van der Waals surface area contributed by atoms with Gasteiger partial charge in [-0.05, 0) is 0 Å². The van der Waals surface area contributed by atoms with Crippen LogP contribution in [0.25, 0.3) is 0 Å². The van der Waals surface area contributed by atoms with Crippen LogP contribution < -0.4 is 3.58 Å². The van der Waals surface area contributed by atoms with Gasteiger partial charge in [0.2, 0.25) is 0 Å². The molecule has 0 aromatic heterocycles. The Balaban J connectivity index is 2.30. The summed E-state index contributed by atoms with van der Waals surface area (Å²) in [6.07, 6.45) is 11.1. The minimum absolute atomic E-state index is 0.0840. The van der Waals surface area contributed by atoms with E-state index in [2.05, 4.69) is 45.0 Å². The molecule has 1 aromatic rings. The summed E-state index contributed by atoms with van der Waals surface area (Å²) in [4.78, 5) is 11.3. The summed E-state index contributed by atoms with van der Waals surface area (Å²) in [5.74, 6) is -0.181. The zero-order valence-corrected chi connectivity index (χ0v) is 23.5. The Bertz CT molecular complexity index is 613. The van der Waals surface area contributed by atoms with Crippen LogP contribution in [0.15, 0.2) is 24.3 Å².